The van der Waals surface area contributed by atoms with Gasteiger partial charge in [-0.3, -0.25) is 14.2 Å². The van der Waals surface area contributed by atoms with E-state index >= 15 is 0 Å². The van der Waals surface area contributed by atoms with E-state index in [0.717, 1.165) is 12.8 Å². The van der Waals surface area contributed by atoms with E-state index in [-0.39, 0.29) is 11.8 Å². The minimum Gasteiger partial charge on any atom is -0.357 e. The molecule has 0 radical (unpaired) electrons. The van der Waals surface area contributed by atoms with Gasteiger partial charge in [-0.15, -0.1) is 0 Å². The van der Waals surface area contributed by atoms with E-state index in [0.29, 0.717) is 24.3 Å². The molecular formula is C16H19N5O2. The van der Waals surface area contributed by atoms with E-state index < -0.39 is 6.04 Å². The second kappa shape index (κ2) is 6.60. The number of carbonyl (C=O) groups is 2. The molecule has 1 fully saturated rings. The lowest BCUT2D eigenvalue weighted by Crippen LogP contribution is -2.51. The molecule has 1 atom stereocenters. The number of carbonyl (C=O) groups excluding carboxylic acids is 2. The zero-order valence-corrected chi connectivity index (χ0v) is 13.0. The molecule has 0 unspecified atom stereocenters. The smallest absolute Gasteiger partial charge is 0.256 e. The van der Waals surface area contributed by atoms with Crippen LogP contribution in [0.15, 0.2) is 37.1 Å². The van der Waals surface area contributed by atoms with Crippen LogP contribution in [0, 0.1) is 0 Å². The molecule has 2 aromatic heterocycles. The molecule has 23 heavy (non-hydrogen) atoms. The maximum atomic E-state index is 12.7. The monoisotopic (exact) mass is 313 g/mol. The molecule has 0 saturated carbocycles. The Bertz CT molecular complexity index is 681. The Labute approximate surface area is 134 Å². The Morgan fingerprint density at radius 1 is 1.30 bits per heavy atom. The van der Waals surface area contributed by atoms with E-state index in [2.05, 4.69) is 15.3 Å². The predicted molar refractivity (Wildman–Crippen MR) is 84.1 cm³/mol. The van der Waals surface area contributed by atoms with Crippen molar-refractivity contribution in [3.63, 3.8) is 0 Å². The van der Waals surface area contributed by atoms with Gasteiger partial charge in [-0.2, -0.15) is 0 Å². The predicted octanol–water partition coefficient (Wildman–Crippen LogP) is 1.01. The number of likely N-dealkylation sites (tertiary alicyclic amines) is 1. The van der Waals surface area contributed by atoms with Crippen LogP contribution in [-0.4, -0.2) is 50.9 Å². The number of hydrogen-bond acceptors (Lipinski definition) is 4. The quantitative estimate of drug-likeness (QED) is 0.917. The molecule has 0 bridgehead atoms. The second-order valence-corrected chi connectivity index (χ2v) is 5.50. The van der Waals surface area contributed by atoms with E-state index in [1.165, 1.54) is 0 Å². The summed E-state index contributed by atoms with van der Waals surface area (Å²) >= 11 is 0. The molecule has 1 aliphatic heterocycles. The van der Waals surface area contributed by atoms with Gasteiger partial charge in [0.1, 0.15) is 18.2 Å². The molecule has 1 saturated heterocycles. The molecule has 2 aromatic rings. The van der Waals surface area contributed by atoms with Crippen molar-refractivity contribution in [1.29, 1.82) is 0 Å². The minimum absolute atomic E-state index is 0.110. The number of hydrogen-bond donors (Lipinski definition) is 1. The van der Waals surface area contributed by atoms with Gasteiger partial charge in [0.05, 0.1) is 5.56 Å². The summed E-state index contributed by atoms with van der Waals surface area (Å²) in [6.45, 7) is 0.597. The van der Waals surface area contributed by atoms with Crippen LogP contribution in [0.5, 0.6) is 0 Å². The molecule has 0 spiro atoms. The Morgan fingerprint density at radius 2 is 2.17 bits per heavy atom. The third-order valence-electron chi connectivity index (χ3n) is 4.08. The van der Waals surface area contributed by atoms with Crippen LogP contribution in [0.25, 0.3) is 5.82 Å². The standard InChI is InChI=1S/C16H19N5O2/c1-17-15(22)13-4-2-3-8-21(13)16(23)12-5-6-14(19-10-12)20-9-7-18-11-20/h5-7,9-11,13H,2-4,8H2,1H3,(H,17,22)/t13-/m1/s1. The summed E-state index contributed by atoms with van der Waals surface area (Å²) in [5.41, 5.74) is 0.490. The fraction of sp³-hybridized carbons (Fsp3) is 0.375. The molecule has 7 nitrogen and oxygen atoms in total. The highest BCUT2D eigenvalue weighted by Gasteiger charge is 2.32. The van der Waals surface area contributed by atoms with E-state index in [4.69, 9.17) is 0 Å². The largest absolute Gasteiger partial charge is 0.357 e. The van der Waals surface area contributed by atoms with Crippen LogP contribution < -0.4 is 5.32 Å². The van der Waals surface area contributed by atoms with Crippen molar-refractivity contribution in [3.05, 3.63) is 42.6 Å². The molecular weight excluding hydrogens is 294 g/mol. The van der Waals surface area contributed by atoms with Gasteiger partial charge in [0.25, 0.3) is 5.91 Å². The lowest BCUT2D eigenvalue weighted by molar-refractivity contribution is -0.126. The first-order valence-electron chi connectivity index (χ1n) is 7.67. The van der Waals surface area contributed by atoms with E-state index in [1.54, 1.807) is 53.6 Å². The van der Waals surface area contributed by atoms with Gasteiger partial charge in [-0.05, 0) is 31.4 Å². The van der Waals surface area contributed by atoms with Crippen molar-refractivity contribution >= 4 is 11.8 Å². The Morgan fingerprint density at radius 3 is 2.83 bits per heavy atom. The van der Waals surface area contributed by atoms with Gasteiger partial charge in [0.15, 0.2) is 0 Å². The minimum atomic E-state index is -0.394. The fourth-order valence-corrected chi connectivity index (χ4v) is 2.84. The highest BCUT2D eigenvalue weighted by molar-refractivity contribution is 5.97. The molecule has 3 rings (SSSR count). The highest BCUT2D eigenvalue weighted by Crippen LogP contribution is 2.20. The topological polar surface area (TPSA) is 80.1 Å². The summed E-state index contributed by atoms with van der Waals surface area (Å²) in [6, 6.07) is 3.11. The maximum Gasteiger partial charge on any atom is 0.256 e. The van der Waals surface area contributed by atoms with Crippen molar-refractivity contribution < 1.29 is 9.59 Å². The van der Waals surface area contributed by atoms with Gasteiger partial charge < -0.3 is 10.2 Å². The Kier molecular flexibility index (Phi) is 4.36. The summed E-state index contributed by atoms with van der Waals surface area (Å²) in [7, 11) is 1.60. The number of amides is 2. The van der Waals surface area contributed by atoms with Crippen molar-refractivity contribution in [2.24, 2.45) is 0 Å². The molecule has 3 heterocycles. The average molecular weight is 313 g/mol. The molecule has 0 aromatic carbocycles. The van der Waals surface area contributed by atoms with E-state index in [1.807, 2.05) is 0 Å². The molecule has 120 valence electrons. The number of pyridine rings is 1. The van der Waals surface area contributed by atoms with Crippen LogP contribution in [0.2, 0.25) is 0 Å². The van der Waals surface area contributed by atoms with Crippen molar-refractivity contribution in [3.8, 4) is 5.82 Å². The Hall–Kier alpha value is -2.70. The van der Waals surface area contributed by atoms with Gasteiger partial charge in [0, 0.05) is 32.2 Å². The number of likely N-dealkylation sites (N-methyl/N-ethyl adjacent to an activating group) is 1. The first kappa shape index (κ1) is 15.2. The zero-order valence-electron chi connectivity index (χ0n) is 13.0. The SMILES string of the molecule is CNC(=O)[C@H]1CCCCN1C(=O)c1ccc(-n2ccnc2)nc1. The van der Waals surface area contributed by atoms with Gasteiger partial charge in [-0.1, -0.05) is 0 Å². The maximum absolute atomic E-state index is 12.7. The van der Waals surface area contributed by atoms with Crippen LogP contribution >= 0.6 is 0 Å². The van der Waals surface area contributed by atoms with Crippen LogP contribution in [0.4, 0.5) is 0 Å². The number of piperidine rings is 1. The van der Waals surface area contributed by atoms with Crippen molar-refractivity contribution in [1.82, 2.24) is 24.8 Å². The normalized spacial score (nSPS) is 17.8. The second-order valence-electron chi connectivity index (χ2n) is 5.50. The highest BCUT2D eigenvalue weighted by atomic mass is 16.2. The summed E-state index contributed by atoms with van der Waals surface area (Å²) in [5.74, 6) is 0.435. The number of rotatable bonds is 3. The summed E-state index contributed by atoms with van der Waals surface area (Å²) in [4.78, 5) is 34.6. The lowest BCUT2D eigenvalue weighted by Gasteiger charge is -2.34. The molecule has 7 heteroatoms. The van der Waals surface area contributed by atoms with Crippen LogP contribution in [-0.2, 0) is 4.79 Å². The molecule has 0 aliphatic carbocycles. The summed E-state index contributed by atoms with van der Waals surface area (Å²) < 4.78 is 1.77. The van der Waals surface area contributed by atoms with Crippen molar-refractivity contribution in [2.45, 2.75) is 25.3 Å². The number of imidazole rings is 1. The third kappa shape index (κ3) is 3.08. The lowest BCUT2D eigenvalue weighted by atomic mass is 10.0. The number of nitrogens with zero attached hydrogens (tertiary/aromatic N) is 4. The molecule has 1 aliphatic rings. The summed E-state index contributed by atoms with van der Waals surface area (Å²) in [5, 5.41) is 2.64. The van der Waals surface area contributed by atoms with Crippen molar-refractivity contribution in [2.75, 3.05) is 13.6 Å². The first-order valence-corrected chi connectivity index (χ1v) is 7.67. The summed E-state index contributed by atoms with van der Waals surface area (Å²) in [6.07, 6.45) is 9.23. The fourth-order valence-electron chi connectivity index (χ4n) is 2.84. The van der Waals surface area contributed by atoms with Gasteiger partial charge >= 0.3 is 0 Å². The van der Waals surface area contributed by atoms with Crippen LogP contribution in [0.3, 0.4) is 0 Å². The zero-order chi connectivity index (χ0) is 16.2. The molecule has 1 N–H and O–H groups in total. The van der Waals surface area contributed by atoms with Crippen LogP contribution in [0.1, 0.15) is 29.6 Å². The Balaban J connectivity index is 1.80. The van der Waals surface area contributed by atoms with Gasteiger partial charge in [0.2, 0.25) is 5.91 Å². The third-order valence-corrected chi connectivity index (χ3v) is 4.08. The number of nitrogens with one attached hydrogen (secondary N) is 1. The van der Waals surface area contributed by atoms with E-state index in [9.17, 15) is 9.59 Å². The number of aromatic nitrogens is 3. The average Bonchev–Trinajstić information content (AvgIpc) is 3.15. The van der Waals surface area contributed by atoms with Gasteiger partial charge in [-0.25, -0.2) is 9.97 Å². The molecule has 2 amide bonds. The first-order chi connectivity index (χ1) is 11.2.